The second-order valence-electron chi connectivity index (χ2n) is 6.58. The van der Waals surface area contributed by atoms with Crippen LogP contribution in [0, 0.1) is 0 Å². The fourth-order valence-electron chi connectivity index (χ4n) is 3.11. The smallest absolute Gasteiger partial charge is 0.231 e. The second kappa shape index (κ2) is 8.25. The summed E-state index contributed by atoms with van der Waals surface area (Å²) in [7, 11) is 7.04. The molecule has 0 amide bonds. The molecular weight excluding hydrogens is 358 g/mol. The van der Waals surface area contributed by atoms with Crippen molar-refractivity contribution in [2.45, 2.75) is 13.3 Å². The van der Waals surface area contributed by atoms with Crippen LogP contribution in [0.1, 0.15) is 29.3 Å². The average molecular weight is 383 g/mol. The summed E-state index contributed by atoms with van der Waals surface area (Å²) in [6.45, 7) is 2.14. The normalized spacial score (nSPS) is 12.7. The van der Waals surface area contributed by atoms with Gasteiger partial charge in [-0.3, -0.25) is 4.79 Å². The van der Waals surface area contributed by atoms with E-state index in [1.165, 1.54) is 0 Å². The van der Waals surface area contributed by atoms with Crippen molar-refractivity contribution in [3.05, 3.63) is 47.0 Å². The van der Waals surface area contributed by atoms with Gasteiger partial charge in [0.15, 0.2) is 17.3 Å². The summed E-state index contributed by atoms with van der Waals surface area (Å²) in [6.07, 6.45) is 2.43. The number of fused-ring (bicyclic) bond motifs is 1. The van der Waals surface area contributed by atoms with Crippen LogP contribution in [0.25, 0.3) is 6.08 Å². The van der Waals surface area contributed by atoms with Crippen LogP contribution in [0.15, 0.2) is 35.9 Å². The van der Waals surface area contributed by atoms with E-state index >= 15 is 0 Å². The van der Waals surface area contributed by atoms with Gasteiger partial charge in [0, 0.05) is 36.9 Å². The SMILES string of the molecule is CCC(=Cc1cc2c(cc1OC)OCO2)C(=O)c1ccc(OC)c(N(C)C)c1. The number of nitrogens with zero attached hydrogens (tertiary/aromatic N) is 1. The predicted molar refractivity (Wildman–Crippen MR) is 109 cm³/mol. The standard InChI is InChI=1S/C22H25NO5/c1-6-14(9-16-11-20-21(28-13-27-20)12-19(16)26-5)22(24)15-7-8-18(25-4)17(10-15)23(2)3/h7-12H,6,13H2,1-5H3. The summed E-state index contributed by atoms with van der Waals surface area (Å²) in [4.78, 5) is 15.1. The highest BCUT2D eigenvalue weighted by Crippen LogP contribution is 2.39. The molecule has 0 aliphatic carbocycles. The third kappa shape index (κ3) is 3.76. The number of hydrogen-bond donors (Lipinski definition) is 0. The van der Waals surface area contributed by atoms with Crippen molar-refractivity contribution in [2.24, 2.45) is 0 Å². The number of hydrogen-bond acceptors (Lipinski definition) is 6. The molecule has 0 saturated heterocycles. The molecule has 2 aromatic rings. The summed E-state index contributed by atoms with van der Waals surface area (Å²) < 4.78 is 21.7. The Morgan fingerprint density at radius 3 is 2.36 bits per heavy atom. The van der Waals surface area contributed by atoms with Crippen LogP contribution in [-0.2, 0) is 0 Å². The number of ketones is 1. The van der Waals surface area contributed by atoms with Gasteiger partial charge < -0.3 is 23.8 Å². The maximum atomic E-state index is 13.2. The molecule has 1 aliphatic heterocycles. The van der Waals surface area contributed by atoms with Crippen LogP contribution >= 0.6 is 0 Å². The fourth-order valence-corrected chi connectivity index (χ4v) is 3.11. The number of carbonyl (C=O) groups excluding carboxylic acids is 1. The lowest BCUT2D eigenvalue weighted by molar-refractivity contribution is 0.103. The maximum absolute atomic E-state index is 13.2. The van der Waals surface area contributed by atoms with Crippen molar-refractivity contribution in [3.8, 4) is 23.0 Å². The van der Waals surface area contributed by atoms with E-state index in [-0.39, 0.29) is 12.6 Å². The third-order valence-corrected chi connectivity index (χ3v) is 4.65. The number of anilines is 1. The number of methoxy groups -OCH3 is 2. The molecule has 2 aromatic carbocycles. The summed E-state index contributed by atoms with van der Waals surface area (Å²) in [5.74, 6) is 2.61. The van der Waals surface area contributed by atoms with Crippen LogP contribution in [0.5, 0.6) is 23.0 Å². The molecule has 0 atom stereocenters. The number of allylic oxidation sites excluding steroid dienone is 1. The average Bonchev–Trinajstić information content (AvgIpc) is 3.17. The van der Waals surface area contributed by atoms with Gasteiger partial charge in [-0.2, -0.15) is 0 Å². The van der Waals surface area contributed by atoms with E-state index in [0.717, 1.165) is 17.0 Å². The first-order valence-corrected chi connectivity index (χ1v) is 9.06. The van der Waals surface area contributed by atoms with E-state index in [9.17, 15) is 4.79 Å². The Morgan fingerprint density at radius 2 is 1.75 bits per heavy atom. The molecule has 0 fully saturated rings. The lowest BCUT2D eigenvalue weighted by Gasteiger charge is -2.17. The van der Waals surface area contributed by atoms with E-state index in [4.69, 9.17) is 18.9 Å². The van der Waals surface area contributed by atoms with Gasteiger partial charge in [-0.15, -0.1) is 0 Å². The first kappa shape index (κ1) is 19.6. The van der Waals surface area contributed by atoms with Crippen molar-refractivity contribution in [3.63, 3.8) is 0 Å². The van der Waals surface area contributed by atoms with Gasteiger partial charge in [0.1, 0.15) is 11.5 Å². The van der Waals surface area contributed by atoms with Gasteiger partial charge in [0.25, 0.3) is 0 Å². The van der Waals surface area contributed by atoms with E-state index in [0.29, 0.717) is 34.8 Å². The molecule has 0 radical (unpaired) electrons. The lowest BCUT2D eigenvalue weighted by atomic mass is 9.98. The molecular formula is C22H25NO5. The Balaban J connectivity index is 2.00. The van der Waals surface area contributed by atoms with Crippen LogP contribution in [0.3, 0.4) is 0 Å². The van der Waals surface area contributed by atoms with Crippen molar-refractivity contribution in [1.29, 1.82) is 0 Å². The summed E-state index contributed by atoms with van der Waals surface area (Å²) in [5, 5.41) is 0. The Bertz CT molecular complexity index is 917. The molecule has 0 bridgehead atoms. The molecule has 0 unspecified atom stereocenters. The van der Waals surface area contributed by atoms with Crippen molar-refractivity contribution < 1.29 is 23.7 Å². The van der Waals surface area contributed by atoms with Gasteiger partial charge in [-0.05, 0) is 36.8 Å². The topological polar surface area (TPSA) is 57.2 Å². The zero-order valence-corrected chi connectivity index (χ0v) is 16.9. The first-order chi connectivity index (χ1) is 13.5. The summed E-state index contributed by atoms with van der Waals surface area (Å²) >= 11 is 0. The minimum Gasteiger partial charge on any atom is -0.496 e. The molecule has 1 aliphatic rings. The minimum absolute atomic E-state index is 0.0343. The Kier molecular flexibility index (Phi) is 5.78. The van der Waals surface area contributed by atoms with Gasteiger partial charge >= 0.3 is 0 Å². The number of ether oxygens (including phenoxy) is 4. The highest BCUT2D eigenvalue weighted by atomic mass is 16.7. The van der Waals surface area contributed by atoms with Crippen molar-refractivity contribution in [2.75, 3.05) is 40.0 Å². The van der Waals surface area contributed by atoms with E-state index < -0.39 is 0 Å². The zero-order valence-electron chi connectivity index (χ0n) is 16.9. The van der Waals surface area contributed by atoms with Gasteiger partial charge in [-0.25, -0.2) is 0 Å². The highest BCUT2D eigenvalue weighted by Gasteiger charge is 2.19. The minimum atomic E-state index is -0.0343. The molecule has 3 rings (SSSR count). The molecule has 0 spiro atoms. The number of benzene rings is 2. The Morgan fingerprint density at radius 1 is 1.07 bits per heavy atom. The molecule has 28 heavy (non-hydrogen) atoms. The molecule has 0 saturated carbocycles. The fraction of sp³-hybridized carbons (Fsp3) is 0.318. The Labute approximate surface area is 165 Å². The maximum Gasteiger partial charge on any atom is 0.231 e. The summed E-state index contributed by atoms with van der Waals surface area (Å²) in [6, 6.07) is 9.07. The van der Waals surface area contributed by atoms with Gasteiger partial charge in [0.05, 0.1) is 19.9 Å². The van der Waals surface area contributed by atoms with Crippen LogP contribution in [-0.4, -0.2) is 40.9 Å². The van der Waals surface area contributed by atoms with E-state index in [1.54, 1.807) is 26.4 Å². The third-order valence-electron chi connectivity index (χ3n) is 4.65. The van der Waals surface area contributed by atoms with Gasteiger partial charge in [0.2, 0.25) is 6.79 Å². The number of Topliss-reactive ketones (excluding diaryl/α,β-unsaturated/α-hetero) is 1. The molecule has 148 valence electrons. The van der Waals surface area contributed by atoms with Crippen LogP contribution in [0.4, 0.5) is 5.69 Å². The van der Waals surface area contributed by atoms with E-state index in [1.807, 2.05) is 50.2 Å². The predicted octanol–water partition coefficient (Wildman–Crippen LogP) is 4.17. The van der Waals surface area contributed by atoms with Gasteiger partial charge in [-0.1, -0.05) is 6.92 Å². The molecule has 0 aromatic heterocycles. The first-order valence-electron chi connectivity index (χ1n) is 9.06. The monoisotopic (exact) mass is 383 g/mol. The van der Waals surface area contributed by atoms with E-state index in [2.05, 4.69) is 0 Å². The quantitative estimate of drug-likeness (QED) is 0.528. The second-order valence-corrected chi connectivity index (χ2v) is 6.58. The Hall–Kier alpha value is -3.15. The molecule has 6 heteroatoms. The van der Waals surface area contributed by atoms with Crippen molar-refractivity contribution >= 4 is 17.5 Å². The summed E-state index contributed by atoms with van der Waals surface area (Å²) in [5.41, 5.74) is 2.91. The highest BCUT2D eigenvalue weighted by molar-refractivity contribution is 6.12. The molecule has 1 heterocycles. The molecule has 6 nitrogen and oxygen atoms in total. The lowest BCUT2D eigenvalue weighted by Crippen LogP contribution is -2.12. The zero-order chi connectivity index (χ0) is 20.3. The number of carbonyl (C=O) groups is 1. The largest absolute Gasteiger partial charge is 0.496 e. The van der Waals surface area contributed by atoms with Crippen LogP contribution in [0.2, 0.25) is 0 Å². The van der Waals surface area contributed by atoms with Crippen molar-refractivity contribution in [1.82, 2.24) is 0 Å². The molecule has 0 N–H and O–H groups in total. The van der Waals surface area contributed by atoms with Crippen LogP contribution < -0.4 is 23.8 Å². The number of rotatable bonds is 7.